The molecule has 7 heteroatoms. The molecule has 0 bridgehead atoms. The molecule has 1 saturated heterocycles. The van der Waals surface area contributed by atoms with E-state index in [0.717, 1.165) is 5.56 Å². The third-order valence-corrected chi connectivity index (χ3v) is 5.41. The number of likely N-dealkylation sites (tertiary alicyclic amines) is 1. The molecule has 1 amide bonds. The molecule has 7 nitrogen and oxygen atoms in total. The SMILES string of the molecule is COc1cccc(C2/C(=C(/O)c3ccccc3OC)C(=O)C(=O)N2Cc2ccncc2)c1. The summed E-state index contributed by atoms with van der Waals surface area (Å²) in [6.45, 7) is 0.178. The fourth-order valence-electron chi connectivity index (χ4n) is 3.87. The van der Waals surface area contributed by atoms with Gasteiger partial charge in [0, 0.05) is 18.9 Å². The van der Waals surface area contributed by atoms with Crippen molar-refractivity contribution in [3.63, 3.8) is 0 Å². The van der Waals surface area contributed by atoms with Crippen LogP contribution in [0.15, 0.2) is 78.6 Å². The zero-order chi connectivity index (χ0) is 22.7. The van der Waals surface area contributed by atoms with Crippen LogP contribution in [0.25, 0.3) is 5.76 Å². The van der Waals surface area contributed by atoms with E-state index in [2.05, 4.69) is 4.98 Å². The summed E-state index contributed by atoms with van der Waals surface area (Å²) in [5.41, 5.74) is 1.80. The molecule has 1 N–H and O–H groups in total. The number of ether oxygens (including phenoxy) is 2. The van der Waals surface area contributed by atoms with Crippen molar-refractivity contribution in [1.82, 2.24) is 9.88 Å². The fraction of sp³-hybridized carbons (Fsp3) is 0.160. The number of pyridine rings is 1. The van der Waals surface area contributed by atoms with Crippen molar-refractivity contribution in [2.75, 3.05) is 14.2 Å². The number of carbonyl (C=O) groups excluding carboxylic acids is 2. The lowest BCUT2D eigenvalue weighted by atomic mass is 9.94. The molecule has 4 rings (SSSR count). The van der Waals surface area contributed by atoms with Crippen LogP contribution in [-0.2, 0) is 16.1 Å². The standard InChI is InChI=1S/C25H22N2O5/c1-31-18-7-5-6-17(14-18)22-21(23(28)19-8-3-4-9-20(19)32-2)24(29)25(30)27(22)15-16-10-12-26-13-11-16/h3-14,22,28H,15H2,1-2H3/b23-21-. The molecule has 0 spiro atoms. The van der Waals surface area contributed by atoms with Gasteiger partial charge >= 0.3 is 0 Å². The number of aliphatic hydroxyl groups is 1. The lowest BCUT2D eigenvalue weighted by molar-refractivity contribution is -0.140. The summed E-state index contributed by atoms with van der Waals surface area (Å²) in [4.78, 5) is 31.7. The second kappa shape index (κ2) is 8.93. The number of amides is 1. The zero-order valence-corrected chi connectivity index (χ0v) is 17.7. The number of hydrogen-bond donors (Lipinski definition) is 1. The molecule has 1 unspecified atom stereocenters. The van der Waals surface area contributed by atoms with Crippen molar-refractivity contribution >= 4 is 17.4 Å². The zero-order valence-electron chi connectivity index (χ0n) is 17.7. The average molecular weight is 430 g/mol. The number of carbonyl (C=O) groups is 2. The summed E-state index contributed by atoms with van der Waals surface area (Å²) in [5, 5.41) is 11.2. The predicted molar refractivity (Wildman–Crippen MR) is 118 cm³/mol. The number of Topliss-reactive ketones (excluding diaryl/α,β-unsaturated/α-hetero) is 1. The van der Waals surface area contributed by atoms with Crippen molar-refractivity contribution in [3.05, 3.63) is 95.3 Å². The maximum absolute atomic E-state index is 13.2. The highest BCUT2D eigenvalue weighted by atomic mass is 16.5. The average Bonchev–Trinajstić information content (AvgIpc) is 3.09. The van der Waals surface area contributed by atoms with Gasteiger partial charge in [-0.2, -0.15) is 0 Å². The Morgan fingerprint density at radius 3 is 2.47 bits per heavy atom. The van der Waals surface area contributed by atoms with Crippen LogP contribution < -0.4 is 9.47 Å². The number of aromatic nitrogens is 1. The van der Waals surface area contributed by atoms with E-state index < -0.39 is 17.7 Å². The molecule has 162 valence electrons. The van der Waals surface area contributed by atoms with Crippen molar-refractivity contribution < 1.29 is 24.2 Å². The summed E-state index contributed by atoms with van der Waals surface area (Å²) in [6, 6.07) is 16.7. The van der Waals surface area contributed by atoms with Crippen molar-refractivity contribution in [2.45, 2.75) is 12.6 Å². The van der Waals surface area contributed by atoms with Gasteiger partial charge in [0.2, 0.25) is 0 Å². The van der Waals surface area contributed by atoms with Crippen molar-refractivity contribution in [3.8, 4) is 11.5 Å². The Morgan fingerprint density at radius 2 is 1.75 bits per heavy atom. The van der Waals surface area contributed by atoms with Gasteiger partial charge in [0.15, 0.2) is 0 Å². The van der Waals surface area contributed by atoms with Crippen LogP contribution in [-0.4, -0.2) is 40.9 Å². The molecule has 0 saturated carbocycles. The van der Waals surface area contributed by atoms with E-state index in [1.54, 1.807) is 80.2 Å². The smallest absolute Gasteiger partial charge is 0.295 e. The largest absolute Gasteiger partial charge is 0.507 e. The van der Waals surface area contributed by atoms with Gasteiger partial charge in [-0.15, -0.1) is 0 Å². The van der Waals surface area contributed by atoms with Crippen molar-refractivity contribution in [2.24, 2.45) is 0 Å². The minimum atomic E-state index is -0.803. The number of rotatable bonds is 6. The van der Waals surface area contributed by atoms with Crippen LogP contribution >= 0.6 is 0 Å². The number of aliphatic hydroxyl groups excluding tert-OH is 1. The second-order valence-corrected chi connectivity index (χ2v) is 7.26. The molecule has 1 aliphatic heterocycles. The first-order valence-corrected chi connectivity index (χ1v) is 9.99. The number of hydrogen-bond acceptors (Lipinski definition) is 6. The maximum Gasteiger partial charge on any atom is 0.295 e. The normalized spacial score (nSPS) is 17.4. The fourth-order valence-corrected chi connectivity index (χ4v) is 3.87. The Hall–Kier alpha value is -4.13. The van der Waals surface area contributed by atoms with Gasteiger partial charge in [-0.1, -0.05) is 24.3 Å². The van der Waals surface area contributed by atoms with Gasteiger partial charge in [-0.05, 0) is 47.5 Å². The van der Waals surface area contributed by atoms with Gasteiger partial charge in [0.05, 0.1) is 31.4 Å². The Labute approximate surface area is 185 Å². The molecule has 1 atom stereocenters. The van der Waals surface area contributed by atoms with Crippen LogP contribution in [0.1, 0.15) is 22.7 Å². The third-order valence-electron chi connectivity index (χ3n) is 5.41. The molecule has 3 aromatic rings. The van der Waals surface area contributed by atoms with Gasteiger partial charge in [0.1, 0.15) is 17.3 Å². The number of para-hydroxylation sites is 1. The minimum absolute atomic E-state index is 0.00168. The molecule has 32 heavy (non-hydrogen) atoms. The number of nitrogens with zero attached hydrogens (tertiary/aromatic N) is 2. The number of benzene rings is 2. The number of ketones is 1. The Bertz CT molecular complexity index is 1190. The second-order valence-electron chi connectivity index (χ2n) is 7.26. The van der Waals surface area contributed by atoms with Crippen LogP contribution in [0.4, 0.5) is 0 Å². The summed E-state index contributed by atoms with van der Waals surface area (Å²) in [7, 11) is 3.02. The van der Waals surface area contributed by atoms with E-state index in [0.29, 0.717) is 22.6 Å². The molecule has 1 fully saturated rings. The third kappa shape index (κ3) is 3.80. The molecule has 2 aromatic carbocycles. The first-order chi connectivity index (χ1) is 15.5. The van der Waals surface area contributed by atoms with E-state index >= 15 is 0 Å². The van der Waals surface area contributed by atoms with Crippen LogP contribution in [0.3, 0.4) is 0 Å². The van der Waals surface area contributed by atoms with Gasteiger partial charge in [-0.25, -0.2) is 0 Å². The summed E-state index contributed by atoms with van der Waals surface area (Å²) in [6.07, 6.45) is 3.25. The lowest BCUT2D eigenvalue weighted by Gasteiger charge is -2.25. The monoisotopic (exact) mass is 430 g/mol. The lowest BCUT2D eigenvalue weighted by Crippen LogP contribution is -2.29. The van der Waals surface area contributed by atoms with Crippen molar-refractivity contribution in [1.29, 1.82) is 0 Å². The van der Waals surface area contributed by atoms with Crippen LogP contribution in [0.5, 0.6) is 11.5 Å². The van der Waals surface area contributed by atoms with Gasteiger partial charge in [0.25, 0.3) is 11.7 Å². The van der Waals surface area contributed by atoms with Gasteiger partial charge in [-0.3, -0.25) is 14.6 Å². The van der Waals surface area contributed by atoms with E-state index in [1.807, 2.05) is 0 Å². The Morgan fingerprint density at radius 1 is 1.00 bits per heavy atom. The van der Waals surface area contributed by atoms with E-state index in [9.17, 15) is 14.7 Å². The summed E-state index contributed by atoms with van der Waals surface area (Å²) in [5.74, 6) is -0.753. The Balaban J connectivity index is 1.90. The summed E-state index contributed by atoms with van der Waals surface area (Å²) >= 11 is 0. The highest BCUT2D eigenvalue weighted by molar-refractivity contribution is 6.46. The first-order valence-electron chi connectivity index (χ1n) is 9.99. The molecule has 2 heterocycles. The number of methoxy groups -OCH3 is 2. The van der Waals surface area contributed by atoms with E-state index in [-0.39, 0.29) is 17.9 Å². The predicted octanol–water partition coefficient (Wildman–Crippen LogP) is 3.72. The molecule has 0 radical (unpaired) electrons. The minimum Gasteiger partial charge on any atom is -0.507 e. The van der Waals surface area contributed by atoms with E-state index in [1.165, 1.54) is 12.0 Å². The Kier molecular flexibility index (Phi) is 5.89. The van der Waals surface area contributed by atoms with Crippen LogP contribution in [0.2, 0.25) is 0 Å². The first kappa shape index (κ1) is 21.1. The molecule has 1 aromatic heterocycles. The molecular weight excluding hydrogens is 408 g/mol. The summed E-state index contributed by atoms with van der Waals surface area (Å²) < 4.78 is 10.7. The topological polar surface area (TPSA) is 89.0 Å². The quantitative estimate of drug-likeness (QED) is 0.364. The van der Waals surface area contributed by atoms with Gasteiger partial charge < -0.3 is 19.5 Å². The molecular formula is C25H22N2O5. The molecule has 0 aliphatic carbocycles. The maximum atomic E-state index is 13.2. The highest BCUT2D eigenvalue weighted by Gasteiger charge is 2.46. The van der Waals surface area contributed by atoms with Crippen LogP contribution in [0, 0.1) is 0 Å². The van der Waals surface area contributed by atoms with E-state index in [4.69, 9.17) is 9.47 Å². The molecule has 1 aliphatic rings. The highest BCUT2D eigenvalue weighted by Crippen LogP contribution is 2.42.